The number of amides is 4. The summed E-state index contributed by atoms with van der Waals surface area (Å²) < 4.78 is 12.9. The highest BCUT2D eigenvalue weighted by Gasteiger charge is 2.37. The number of urea groups is 1. The van der Waals surface area contributed by atoms with E-state index in [1.54, 1.807) is 16.8 Å². The first-order valence-corrected chi connectivity index (χ1v) is 8.28. The van der Waals surface area contributed by atoms with Crippen molar-refractivity contribution < 1.29 is 18.8 Å². The van der Waals surface area contributed by atoms with Crippen LogP contribution in [0.3, 0.4) is 0 Å². The number of carbonyl (C=O) groups excluding carboxylic acids is 3. The number of anilines is 1. The normalized spacial score (nSPS) is 23.0. The zero-order valence-corrected chi connectivity index (χ0v) is 14.0. The topological polar surface area (TPSA) is 81.8 Å². The van der Waals surface area contributed by atoms with E-state index in [4.69, 9.17) is 0 Å². The SMILES string of the molecule is CN1CC(C(=O)N2CCC(NC(=O)Nc3ccc(F)cc3)C2)CC1=O. The highest BCUT2D eigenvalue weighted by molar-refractivity contribution is 5.90. The van der Waals surface area contributed by atoms with Crippen molar-refractivity contribution in [2.75, 3.05) is 32.0 Å². The fraction of sp³-hybridized carbons (Fsp3) is 0.471. The molecule has 0 bridgehead atoms. The lowest BCUT2D eigenvalue weighted by Crippen LogP contribution is -2.42. The van der Waals surface area contributed by atoms with E-state index in [0.29, 0.717) is 31.7 Å². The van der Waals surface area contributed by atoms with Crippen LogP contribution in [0.15, 0.2) is 24.3 Å². The quantitative estimate of drug-likeness (QED) is 0.856. The Morgan fingerprint density at radius 1 is 1.20 bits per heavy atom. The summed E-state index contributed by atoms with van der Waals surface area (Å²) in [6.45, 7) is 1.45. The van der Waals surface area contributed by atoms with Crippen LogP contribution in [0.2, 0.25) is 0 Å². The van der Waals surface area contributed by atoms with Gasteiger partial charge in [-0.25, -0.2) is 9.18 Å². The van der Waals surface area contributed by atoms with Crippen molar-refractivity contribution in [3.8, 4) is 0 Å². The highest BCUT2D eigenvalue weighted by Crippen LogP contribution is 2.21. The molecule has 2 aliphatic rings. The predicted molar refractivity (Wildman–Crippen MR) is 89.3 cm³/mol. The van der Waals surface area contributed by atoms with E-state index in [2.05, 4.69) is 10.6 Å². The van der Waals surface area contributed by atoms with Gasteiger partial charge < -0.3 is 20.4 Å². The summed E-state index contributed by atoms with van der Waals surface area (Å²) in [4.78, 5) is 39.3. The molecular formula is C17H21FN4O3. The molecule has 134 valence electrons. The Kier molecular flexibility index (Phi) is 4.87. The molecule has 2 heterocycles. The summed E-state index contributed by atoms with van der Waals surface area (Å²) in [6.07, 6.45) is 0.925. The highest BCUT2D eigenvalue weighted by atomic mass is 19.1. The van der Waals surface area contributed by atoms with E-state index in [9.17, 15) is 18.8 Å². The van der Waals surface area contributed by atoms with Crippen LogP contribution in [-0.2, 0) is 9.59 Å². The van der Waals surface area contributed by atoms with Gasteiger partial charge in [-0.05, 0) is 30.7 Å². The maximum absolute atomic E-state index is 12.9. The molecule has 3 rings (SSSR count). The zero-order valence-electron chi connectivity index (χ0n) is 14.0. The van der Waals surface area contributed by atoms with E-state index < -0.39 is 0 Å². The number of rotatable bonds is 3. The number of hydrogen-bond acceptors (Lipinski definition) is 3. The molecule has 2 atom stereocenters. The van der Waals surface area contributed by atoms with Crippen LogP contribution in [-0.4, -0.2) is 60.4 Å². The summed E-state index contributed by atoms with van der Waals surface area (Å²) >= 11 is 0. The Morgan fingerprint density at radius 3 is 2.56 bits per heavy atom. The molecule has 0 saturated carbocycles. The van der Waals surface area contributed by atoms with Gasteiger partial charge in [-0.15, -0.1) is 0 Å². The molecule has 2 N–H and O–H groups in total. The maximum Gasteiger partial charge on any atom is 0.319 e. The molecule has 2 unspecified atom stereocenters. The van der Waals surface area contributed by atoms with Gasteiger partial charge in [0.25, 0.3) is 0 Å². The number of hydrogen-bond donors (Lipinski definition) is 2. The fourth-order valence-electron chi connectivity index (χ4n) is 3.25. The van der Waals surface area contributed by atoms with Crippen LogP contribution in [0.25, 0.3) is 0 Å². The summed E-state index contributed by atoms with van der Waals surface area (Å²) in [6, 6.07) is 4.97. The number of likely N-dealkylation sites (tertiary alicyclic amines) is 2. The minimum atomic E-state index is -0.387. The van der Waals surface area contributed by atoms with Crippen LogP contribution < -0.4 is 10.6 Å². The first-order valence-electron chi connectivity index (χ1n) is 8.28. The van der Waals surface area contributed by atoms with Gasteiger partial charge in [0.05, 0.1) is 5.92 Å². The Hall–Kier alpha value is -2.64. The molecule has 0 radical (unpaired) electrons. The van der Waals surface area contributed by atoms with Crippen molar-refractivity contribution in [3.63, 3.8) is 0 Å². The lowest BCUT2D eigenvalue weighted by atomic mass is 10.1. The average Bonchev–Trinajstić information content (AvgIpc) is 3.16. The molecule has 2 fully saturated rings. The molecular weight excluding hydrogens is 327 g/mol. The predicted octanol–water partition coefficient (Wildman–Crippen LogP) is 1.03. The van der Waals surface area contributed by atoms with E-state index in [-0.39, 0.29) is 42.0 Å². The van der Waals surface area contributed by atoms with Gasteiger partial charge in [0.15, 0.2) is 0 Å². The van der Waals surface area contributed by atoms with Crippen molar-refractivity contribution in [1.82, 2.24) is 15.1 Å². The van der Waals surface area contributed by atoms with Gasteiger partial charge in [0, 0.05) is 44.8 Å². The monoisotopic (exact) mass is 348 g/mol. The van der Waals surface area contributed by atoms with E-state index in [1.165, 1.54) is 24.3 Å². The molecule has 0 spiro atoms. The minimum absolute atomic E-state index is 0.00843. The molecule has 1 aromatic rings. The van der Waals surface area contributed by atoms with Crippen molar-refractivity contribution in [1.29, 1.82) is 0 Å². The van der Waals surface area contributed by atoms with Crippen LogP contribution in [0, 0.1) is 11.7 Å². The Bertz CT molecular complexity index is 679. The number of nitrogens with zero attached hydrogens (tertiary/aromatic N) is 2. The summed E-state index contributed by atoms with van der Waals surface area (Å²) in [5, 5.41) is 5.46. The van der Waals surface area contributed by atoms with Gasteiger partial charge in [-0.2, -0.15) is 0 Å². The van der Waals surface area contributed by atoms with Crippen LogP contribution >= 0.6 is 0 Å². The van der Waals surface area contributed by atoms with Crippen molar-refractivity contribution in [2.45, 2.75) is 18.9 Å². The lowest BCUT2D eigenvalue weighted by molar-refractivity contribution is -0.134. The molecule has 1 aromatic carbocycles. The lowest BCUT2D eigenvalue weighted by Gasteiger charge is -2.20. The second kappa shape index (κ2) is 7.08. The van der Waals surface area contributed by atoms with Gasteiger partial charge in [0.1, 0.15) is 5.82 Å². The standard InChI is InChI=1S/C17H21FN4O3/c1-21-9-11(8-15(21)23)16(24)22-7-6-14(10-22)20-17(25)19-13-4-2-12(18)3-5-13/h2-5,11,14H,6-10H2,1H3,(H2,19,20,25). The van der Waals surface area contributed by atoms with Crippen molar-refractivity contribution >= 4 is 23.5 Å². The molecule has 2 aliphatic heterocycles. The van der Waals surface area contributed by atoms with Crippen LogP contribution in [0.5, 0.6) is 0 Å². The molecule has 7 nitrogen and oxygen atoms in total. The largest absolute Gasteiger partial charge is 0.345 e. The van der Waals surface area contributed by atoms with Crippen molar-refractivity contribution in [3.05, 3.63) is 30.1 Å². The number of carbonyl (C=O) groups is 3. The second-order valence-electron chi connectivity index (χ2n) is 6.55. The third-order valence-electron chi connectivity index (χ3n) is 4.63. The number of halogens is 1. The van der Waals surface area contributed by atoms with Gasteiger partial charge in [0.2, 0.25) is 11.8 Å². The van der Waals surface area contributed by atoms with Crippen LogP contribution in [0.4, 0.5) is 14.9 Å². The maximum atomic E-state index is 12.9. The minimum Gasteiger partial charge on any atom is -0.345 e. The summed E-state index contributed by atoms with van der Waals surface area (Å²) in [5.74, 6) is -0.692. The fourth-order valence-corrected chi connectivity index (χ4v) is 3.25. The van der Waals surface area contributed by atoms with Gasteiger partial charge >= 0.3 is 6.03 Å². The molecule has 8 heteroatoms. The zero-order chi connectivity index (χ0) is 18.0. The first kappa shape index (κ1) is 17.2. The second-order valence-corrected chi connectivity index (χ2v) is 6.55. The smallest absolute Gasteiger partial charge is 0.319 e. The van der Waals surface area contributed by atoms with E-state index in [1.807, 2.05) is 0 Å². The number of nitrogens with one attached hydrogen (secondary N) is 2. The molecule has 0 aromatic heterocycles. The summed E-state index contributed by atoms with van der Waals surface area (Å²) in [7, 11) is 1.70. The number of benzene rings is 1. The first-order chi connectivity index (χ1) is 11.9. The van der Waals surface area contributed by atoms with Crippen molar-refractivity contribution in [2.24, 2.45) is 5.92 Å². The van der Waals surface area contributed by atoms with E-state index >= 15 is 0 Å². The third-order valence-corrected chi connectivity index (χ3v) is 4.63. The van der Waals surface area contributed by atoms with Gasteiger partial charge in [-0.1, -0.05) is 0 Å². The van der Waals surface area contributed by atoms with E-state index in [0.717, 1.165) is 0 Å². The Balaban J connectivity index is 1.47. The van der Waals surface area contributed by atoms with Gasteiger partial charge in [-0.3, -0.25) is 9.59 Å². The van der Waals surface area contributed by atoms with Crippen LogP contribution in [0.1, 0.15) is 12.8 Å². The average molecular weight is 348 g/mol. The summed E-state index contributed by atoms with van der Waals surface area (Å²) in [5.41, 5.74) is 0.498. The molecule has 25 heavy (non-hydrogen) atoms. The molecule has 2 saturated heterocycles. The Labute approximate surface area is 145 Å². The molecule has 0 aliphatic carbocycles. The third kappa shape index (κ3) is 4.07. The Morgan fingerprint density at radius 2 is 1.92 bits per heavy atom. The molecule has 4 amide bonds.